The summed E-state index contributed by atoms with van der Waals surface area (Å²) in [6.07, 6.45) is 0.330. The Hall–Kier alpha value is -3.33. The SMILES string of the molecule is CC(C)(C)C(=O)Nc1cccc(CC(NCC(=O)O)c2cccc(NC(=O)C(C)(C)C)n2)n1. The second-order valence-corrected chi connectivity index (χ2v) is 9.90. The van der Waals surface area contributed by atoms with Gasteiger partial charge in [0.05, 0.1) is 18.3 Å². The Morgan fingerprint density at radius 1 is 0.848 bits per heavy atom. The van der Waals surface area contributed by atoms with Crippen molar-refractivity contribution >= 4 is 29.4 Å². The summed E-state index contributed by atoms with van der Waals surface area (Å²) in [5.41, 5.74) is 0.0652. The fourth-order valence-electron chi connectivity index (χ4n) is 2.69. The summed E-state index contributed by atoms with van der Waals surface area (Å²) in [6.45, 7) is 10.6. The Kier molecular flexibility index (Phi) is 8.27. The molecule has 9 heteroatoms. The Labute approximate surface area is 194 Å². The molecular formula is C24H33N5O4. The average Bonchev–Trinajstić information content (AvgIpc) is 2.70. The standard InChI is InChI=1S/C24H33N5O4/c1-23(2,3)21(32)28-18-11-7-9-15(26-18)13-17(25-14-20(30)31)16-10-8-12-19(27-16)29-22(33)24(4,5)6/h7-12,17,25H,13-14H2,1-6H3,(H,30,31)(H,26,28,32)(H,27,29,33). The molecule has 33 heavy (non-hydrogen) atoms. The van der Waals surface area contributed by atoms with Crippen LogP contribution >= 0.6 is 0 Å². The number of amides is 2. The van der Waals surface area contributed by atoms with Crippen LogP contribution in [-0.2, 0) is 20.8 Å². The Morgan fingerprint density at radius 3 is 1.88 bits per heavy atom. The highest BCUT2D eigenvalue weighted by Crippen LogP contribution is 2.21. The lowest BCUT2D eigenvalue weighted by Gasteiger charge is -2.20. The number of nitrogens with one attached hydrogen (secondary N) is 3. The number of hydrogen-bond acceptors (Lipinski definition) is 6. The molecule has 0 fully saturated rings. The first kappa shape index (κ1) is 25.9. The van der Waals surface area contributed by atoms with Crippen LogP contribution in [0.1, 0.15) is 59.0 Å². The van der Waals surface area contributed by atoms with Crippen LogP contribution in [0.5, 0.6) is 0 Å². The van der Waals surface area contributed by atoms with Crippen LogP contribution in [0.15, 0.2) is 36.4 Å². The first-order valence-corrected chi connectivity index (χ1v) is 10.8. The van der Waals surface area contributed by atoms with Gasteiger partial charge in [-0.1, -0.05) is 53.7 Å². The van der Waals surface area contributed by atoms with E-state index in [0.717, 1.165) is 0 Å². The van der Waals surface area contributed by atoms with Gasteiger partial charge in [0.2, 0.25) is 11.8 Å². The van der Waals surface area contributed by atoms with Crippen molar-refractivity contribution in [3.05, 3.63) is 47.8 Å². The van der Waals surface area contributed by atoms with E-state index in [4.69, 9.17) is 5.11 Å². The van der Waals surface area contributed by atoms with Gasteiger partial charge in [-0.05, 0) is 24.3 Å². The van der Waals surface area contributed by atoms with Crippen LogP contribution in [0.4, 0.5) is 11.6 Å². The molecule has 4 N–H and O–H groups in total. The van der Waals surface area contributed by atoms with Gasteiger partial charge >= 0.3 is 5.97 Å². The molecule has 0 aromatic carbocycles. The third-order valence-corrected chi connectivity index (χ3v) is 4.69. The fourth-order valence-corrected chi connectivity index (χ4v) is 2.69. The van der Waals surface area contributed by atoms with Gasteiger partial charge in [0.1, 0.15) is 11.6 Å². The van der Waals surface area contributed by atoms with E-state index in [1.807, 2.05) is 20.8 Å². The van der Waals surface area contributed by atoms with E-state index in [9.17, 15) is 14.4 Å². The average molecular weight is 456 g/mol. The first-order valence-electron chi connectivity index (χ1n) is 10.8. The molecule has 1 atom stereocenters. The molecule has 0 spiro atoms. The van der Waals surface area contributed by atoms with Crippen molar-refractivity contribution in [3.63, 3.8) is 0 Å². The second-order valence-electron chi connectivity index (χ2n) is 9.90. The maximum atomic E-state index is 12.3. The maximum Gasteiger partial charge on any atom is 0.317 e. The second kappa shape index (κ2) is 10.5. The van der Waals surface area contributed by atoms with E-state index in [1.54, 1.807) is 57.2 Å². The zero-order valence-electron chi connectivity index (χ0n) is 20.0. The van der Waals surface area contributed by atoms with Crippen molar-refractivity contribution in [3.8, 4) is 0 Å². The number of hydrogen-bond donors (Lipinski definition) is 4. The lowest BCUT2D eigenvalue weighted by molar-refractivity contribution is -0.136. The van der Waals surface area contributed by atoms with Gasteiger partial charge in [0.25, 0.3) is 0 Å². The molecule has 2 aromatic rings. The zero-order valence-corrected chi connectivity index (χ0v) is 20.0. The number of rotatable bonds is 8. The van der Waals surface area contributed by atoms with Crippen molar-refractivity contribution in [2.24, 2.45) is 10.8 Å². The number of carbonyl (C=O) groups is 3. The van der Waals surface area contributed by atoms with E-state index >= 15 is 0 Å². The minimum absolute atomic E-state index is 0.156. The summed E-state index contributed by atoms with van der Waals surface area (Å²) in [6, 6.07) is 10.0. The first-order chi connectivity index (χ1) is 15.3. The Bertz CT molecular complexity index is 1010. The van der Waals surface area contributed by atoms with Crippen molar-refractivity contribution in [1.82, 2.24) is 15.3 Å². The molecule has 178 valence electrons. The summed E-state index contributed by atoms with van der Waals surface area (Å²) >= 11 is 0. The molecule has 0 aliphatic rings. The lowest BCUT2D eigenvalue weighted by Crippen LogP contribution is -2.31. The summed E-state index contributed by atoms with van der Waals surface area (Å²) < 4.78 is 0. The van der Waals surface area contributed by atoms with Gasteiger partial charge in [0.15, 0.2) is 0 Å². The smallest absolute Gasteiger partial charge is 0.317 e. The van der Waals surface area contributed by atoms with Crippen LogP contribution in [0.25, 0.3) is 0 Å². The summed E-state index contributed by atoms with van der Waals surface area (Å²) in [7, 11) is 0. The molecule has 0 bridgehead atoms. The molecule has 2 aromatic heterocycles. The Morgan fingerprint density at radius 2 is 1.36 bits per heavy atom. The molecule has 0 aliphatic heterocycles. The predicted octanol–water partition coefficient (Wildman–Crippen LogP) is 3.40. The molecule has 2 heterocycles. The van der Waals surface area contributed by atoms with Gasteiger partial charge < -0.3 is 15.7 Å². The summed E-state index contributed by atoms with van der Waals surface area (Å²) in [5, 5.41) is 17.7. The fraction of sp³-hybridized carbons (Fsp3) is 0.458. The van der Waals surface area contributed by atoms with Gasteiger partial charge in [-0.15, -0.1) is 0 Å². The molecule has 0 saturated heterocycles. The van der Waals surface area contributed by atoms with Crippen molar-refractivity contribution in [2.75, 3.05) is 17.2 Å². The highest BCUT2D eigenvalue weighted by Gasteiger charge is 2.23. The zero-order chi connectivity index (χ0) is 24.8. The van der Waals surface area contributed by atoms with E-state index in [-0.39, 0.29) is 18.4 Å². The minimum atomic E-state index is -1.00. The maximum absolute atomic E-state index is 12.3. The van der Waals surface area contributed by atoms with Gasteiger partial charge in [-0.2, -0.15) is 0 Å². The largest absolute Gasteiger partial charge is 0.480 e. The molecule has 2 rings (SSSR count). The highest BCUT2D eigenvalue weighted by molar-refractivity contribution is 5.94. The number of pyridine rings is 2. The normalized spacial score (nSPS) is 12.7. The number of aliphatic carboxylic acids is 1. The van der Waals surface area contributed by atoms with Gasteiger partial charge in [0, 0.05) is 22.9 Å². The third-order valence-electron chi connectivity index (χ3n) is 4.69. The van der Waals surface area contributed by atoms with E-state index in [1.165, 1.54) is 0 Å². The molecule has 1 unspecified atom stereocenters. The number of nitrogens with zero attached hydrogens (tertiary/aromatic N) is 2. The van der Waals surface area contributed by atoms with E-state index in [0.29, 0.717) is 29.4 Å². The molecule has 0 aliphatic carbocycles. The third kappa shape index (κ3) is 8.27. The van der Waals surface area contributed by atoms with Crippen LogP contribution in [-0.4, -0.2) is 39.4 Å². The van der Waals surface area contributed by atoms with Crippen molar-refractivity contribution in [1.29, 1.82) is 0 Å². The number of carboxylic acids is 1. The summed E-state index contributed by atoms with van der Waals surface area (Å²) in [5.74, 6) is -0.531. The number of aromatic nitrogens is 2. The van der Waals surface area contributed by atoms with E-state index in [2.05, 4.69) is 25.9 Å². The molecule has 9 nitrogen and oxygen atoms in total. The number of anilines is 2. The predicted molar refractivity (Wildman–Crippen MR) is 127 cm³/mol. The molecule has 2 amide bonds. The number of carboxylic acid groups (broad SMARTS) is 1. The Balaban J connectivity index is 2.26. The summed E-state index contributed by atoms with van der Waals surface area (Å²) in [4.78, 5) is 44.8. The quantitative estimate of drug-likeness (QED) is 0.479. The molecular weight excluding hydrogens is 422 g/mol. The monoisotopic (exact) mass is 455 g/mol. The number of carbonyl (C=O) groups excluding carboxylic acids is 2. The van der Waals surface area contributed by atoms with E-state index < -0.39 is 22.8 Å². The minimum Gasteiger partial charge on any atom is -0.480 e. The lowest BCUT2D eigenvalue weighted by atomic mass is 9.96. The van der Waals surface area contributed by atoms with Crippen LogP contribution in [0, 0.1) is 10.8 Å². The van der Waals surface area contributed by atoms with Gasteiger partial charge in [-0.25, -0.2) is 9.97 Å². The van der Waals surface area contributed by atoms with Gasteiger partial charge in [-0.3, -0.25) is 19.7 Å². The molecule has 0 saturated carbocycles. The van der Waals surface area contributed by atoms with Crippen LogP contribution in [0.3, 0.4) is 0 Å². The van der Waals surface area contributed by atoms with Crippen molar-refractivity contribution in [2.45, 2.75) is 54.0 Å². The topological polar surface area (TPSA) is 133 Å². The van der Waals surface area contributed by atoms with Crippen molar-refractivity contribution < 1.29 is 19.5 Å². The van der Waals surface area contributed by atoms with Crippen LogP contribution in [0.2, 0.25) is 0 Å². The van der Waals surface area contributed by atoms with Crippen LogP contribution < -0.4 is 16.0 Å². The molecule has 0 radical (unpaired) electrons. The highest BCUT2D eigenvalue weighted by atomic mass is 16.4.